The summed E-state index contributed by atoms with van der Waals surface area (Å²) in [6.07, 6.45) is 0. The fourth-order valence-corrected chi connectivity index (χ4v) is 2.84. The topological polar surface area (TPSA) is 108 Å². The molecule has 3 aromatic rings. The molecule has 3 heterocycles. The number of ether oxygens (including phenoxy) is 2. The standard InChI is InChI=1S/C18H17N3O6/c1-11-8-16(22)26-14-9-12(2-3-13(11)14)25-10-15-19-17(27-20-15)18(23)21-4-6-24-7-5-21/h2-3,8-9H,4-7,10H2,1H3. The van der Waals surface area contributed by atoms with Gasteiger partial charge in [-0.25, -0.2) is 4.79 Å². The van der Waals surface area contributed by atoms with Crippen LogP contribution in [0, 0.1) is 6.92 Å². The largest absolute Gasteiger partial charge is 0.485 e. The summed E-state index contributed by atoms with van der Waals surface area (Å²) >= 11 is 0. The van der Waals surface area contributed by atoms with Crippen molar-refractivity contribution in [2.24, 2.45) is 0 Å². The average molecular weight is 371 g/mol. The lowest BCUT2D eigenvalue weighted by atomic mass is 10.1. The zero-order valence-electron chi connectivity index (χ0n) is 14.6. The molecule has 0 saturated carbocycles. The molecule has 9 heteroatoms. The number of aryl methyl sites for hydroxylation is 1. The molecule has 1 amide bonds. The van der Waals surface area contributed by atoms with Crippen molar-refractivity contribution >= 4 is 16.9 Å². The number of carbonyl (C=O) groups is 1. The van der Waals surface area contributed by atoms with Crippen LogP contribution in [0.1, 0.15) is 22.1 Å². The molecule has 0 spiro atoms. The van der Waals surface area contributed by atoms with Gasteiger partial charge in [-0.05, 0) is 24.6 Å². The number of carbonyl (C=O) groups excluding carboxylic acids is 1. The van der Waals surface area contributed by atoms with Crippen LogP contribution in [0.5, 0.6) is 5.75 Å². The van der Waals surface area contributed by atoms with Gasteiger partial charge in [0, 0.05) is 30.6 Å². The molecular formula is C18H17N3O6. The summed E-state index contributed by atoms with van der Waals surface area (Å²) in [6, 6.07) is 6.64. The van der Waals surface area contributed by atoms with Gasteiger partial charge < -0.3 is 23.3 Å². The van der Waals surface area contributed by atoms with Crippen LogP contribution in [0.3, 0.4) is 0 Å². The Morgan fingerprint density at radius 1 is 1.26 bits per heavy atom. The number of amides is 1. The van der Waals surface area contributed by atoms with Gasteiger partial charge in [0.25, 0.3) is 0 Å². The lowest BCUT2D eigenvalue weighted by molar-refractivity contribution is 0.0272. The van der Waals surface area contributed by atoms with E-state index in [0.29, 0.717) is 37.6 Å². The molecule has 0 radical (unpaired) electrons. The second-order valence-corrected chi connectivity index (χ2v) is 6.12. The van der Waals surface area contributed by atoms with Crippen LogP contribution in [-0.4, -0.2) is 47.3 Å². The first kappa shape index (κ1) is 17.2. The molecule has 1 fully saturated rings. The average Bonchev–Trinajstić information content (AvgIpc) is 3.15. The lowest BCUT2D eigenvalue weighted by Crippen LogP contribution is -2.40. The molecule has 0 N–H and O–H groups in total. The Hall–Kier alpha value is -3.20. The van der Waals surface area contributed by atoms with Crippen LogP contribution in [0.25, 0.3) is 11.0 Å². The van der Waals surface area contributed by atoms with Crippen molar-refractivity contribution < 1.29 is 23.2 Å². The van der Waals surface area contributed by atoms with Gasteiger partial charge in [0.1, 0.15) is 11.3 Å². The van der Waals surface area contributed by atoms with Gasteiger partial charge in [0.2, 0.25) is 5.82 Å². The maximum absolute atomic E-state index is 12.3. The van der Waals surface area contributed by atoms with E-state index in [9.17, 15) is 9.59 Å². The third-order valence-corrected chi connectivity index (χ3v) is 4.24. The van der Waals surface area contributed by atoms with Crippen LogP contribution >= 0.6 is 0 Å². The van der Waals surface area contributed by atoms with Crippen LogP contribution in [-0.2, 0) is 11.3 Å². The van der Waals surface area contributed by atoms with Crippen molar-refractivity contribution in [2.45, 2.75) is 13.5 Å². The number of fused-ring (bicyclic) bond motifs is 1. The van der Waals surface area contributed by atoms with Crippen molar-refractivity contribution in [1.82, 2.24) is 15.0 Å². The maximum Gasteiger partial charge on any atom is 0.336 e. The van der Waals surface area contributed by atoms with Crippen molar-refractivity contribution in [1.29, 1.82) is 0 Å². The van der Waals surface area contributed by atoms with E-state index in [-0.39, 0.29) is 24.2 Å². The highest BCUT2D eigenvalue weighted by Crippen LogP contribution is 2.22. The van der Waals surface area contributed by atoms with Gasteiger partial charge in [-0.3, -0.25) is 4.79 Å². The Bertz CT molecular complexity index is 1030. The van der Waals surface area contributed by atoms with Crippen molar-refractivity contribution in [2.75, 3.05) is 26.3 Å². The first-order valence-corrected chi connectivity index (χ1v) is 8.47. The van der Waals surface area contributed by atoms with Crippen molar-refractivity contribution in [3.8, 4) is 5.75 Å². The number of aromatic nitrogens is 2. The molecule has 0 unspecified atom stereocenters. The Kier molecular flexibility index (Phi) is 4.59. The minimum Gasteiger partial charge on any atom is -0.485 e. The molecule has 140 valence electrons. The van der Waals surface area contributed by atoms with E-state index in [1.807, 2.05) is 13.0 Å². The highest BCUT2D eigenvalue weighted by Gasteiger charge is 2.24. The quantitative estimate of drug-likeness (QED) is 0.636. The molecule has 2 aromatic heterocycles. The summed E-state index contributed by atoms with van der Waals surface area (Å²) in [4.78, 5) is 29.5. The fourth-order valence-electron chi connectivity index (χ4n) is 2.84. The fraction of sp³-hybridized carbons (Fsp3) is 0.333. The minimum absolute atomic E-state index is 0.0153. The molecule has 9 nitrogen and oxygen atoms in total. The number of morpholine rings is 1. The van der Waals surface area contributed by atoms with Crippen LogP contribution in [0.2, 0.25) is 0 Å². The number of rotatable bonds is 4. The van der Waals surface area contributed by atoms with E-state index in [1.54, 1.807) is 17.0 Å². The minimum atomic E-state index is -0.415. The summed E-state index contributed by atoms with van der Waals surface area (Å²) in [7, 11) is 0. The van der Waals surface area contributed by atoms with Crippen LogP contribution in [0.15, 0.2) is 38.0 Å². The van der Waals surface area contributed by atoms with Crippen molar-refractivity contribution in [3.63, 3.8) is 0 Å². The summed E-state index contributed by atoms with van der Waals surface area (Å²) in [5.74, 6) is 0.343. The molecule has 0 bridgehead atoms. The van der Waals surface area contributed by atoms with Gasteiger partial charge in [0.05, 0.1) is 13.2 Å². The van der Waals surface area contributed by atoms with Gasteiger partial charge in [-0.2, -0.15) is 4.98 Å². The molecule has 1 aliphatic rings. The molecule has 1 aliphatic heterocycles. The van der Waals surface area contributed by atoms with Crippen LogP contribution in [0.4, 0.5) is 0 Å². The molecule has 0 atom stereocenters. The summed E-state index contributed by atoms with van der Waals surface area (Å²) < 4.78 is 21.1. The zero-order valence-corrected chi connectivity index (χ0v) is 14.6. The Morgan fingerprint density at radius 3 is 2.89 bits per heavy atom. The van der Waals surface area contributed by atoms with E-state index < -0.39 is 5.63 Å². The second-order valence-electron chi connectivity index (χ2n) is 6.12. The highest BCUT2D eigenvalue weighted by atomic mass is 16.5. The molecule has 4 rings (SSSR count). The van der Waals surface area contributed by atoms with E-state index in [0.717, 1.165) is 10.9 Å². The molecular weight excluding hydrogens is 354 g/mol. The van der Waals surface area contributed by atoms with E-state index in [2.05, 4.69) is 10.1 Å². The van der Waals surface area contributed by atoms with Gasteiger partial charge in [0.15, 0.2) is 6.61 Å². The second kappa shape index (κ2) is 7.20. The monoisotopic (exact) mass is 371 g/mol. The van der Waals surface area contributed by atoms with Gasteiger partial charge >= 0.3 is 17.4 Å². The Balaban J connectivity index is 1.44. The summed E-state index contributed by atoms with van der Waals surface area (Å²) in [5.41, 5.74) is 0.854. The number of nitrogens with zero attached hydrogens (tertiary/aromatic N) is 3. The number of benzene rings is 1. The summed E-state index contributed by atoms with van der Waals surface area (Å²) in [5, 5.41) is 4.61. The molecule has 0 aliphatic carbocycles. The number of hydrogen-bond acceptors (Lipinski definition) is 8. The third-order valence-electron chi connectivity index (χ3n) is 4.24. The normalized spacial score (nSPS) is 14.5. The Morgan fingerprint density at radius 2 is 2.07 bits per heavy atom. The van der Waals surface area contributed by atoms with Gasteiger partial charge in [-0.1, -0.05) is 5.16 Å². The van der Waals surface area contributed by atoms with E-state index in [4.69, 9.17) is 18.4 Å². The number of hydrogen-bond donors (Lipinski definition) is 0. The smallest absolute Gasteiger partial charge is 0.336 e. The van der Waals surface area contributed by atoms with E-state index >= 15 is 0 Å². The molecule has 1 aromatic carbocycles. The van der Waals surface area contributed by atoms with Crippen molar-refractivity contribution in [3.05, 3.63) is 52.0 Å². The zero-order chi connectivity index (χ0) is 18.8. The predicted molar refractivity (Wildman–Crippen MR) is 92.6 cm³/mol. The molecule has 27 heavy (non-hydrogen) atoms. The Labute approximate surface area is 153 Å². The SMILES string of the molecule is Cc1cc(=O)oc2cc(OCc3noc(C(=O)N4CCOCC4)n3)ccc12. The summed E-state index contributed by atoms with van der Waals surface area (Å²) in [6.45, 7) is 3.83. The predicted octanol–water partition coefficient (Wildman–Crippen LogP) is 1.54. The highest BCUT2D eigenvalue weighted by molar-refractivity contribution is 5.89. The first-order chi connectivity index (χ1) is 13.1. The van der Waals surface area contributed by atoms with Gasteiger partial charge in [-0.15, -0.1) is 0 Å². The lowest BCUT2D eigenvalue weighted by Gasteiger charge is -2.25. The first-order valence-electron chi connectivity index (χ1n) is 8.47. The van der Waals surface area contributed by atoms with Crippen LogP contribution < -0.4 is 10.4 Å². The molecule has 1 saturated heterocycles. The van der Waals surface area contributed by atoms with E-state index in [1.165, 1.54) is 6.07 Å². The maximum atomic E-state index is 12.3. The third kappa shape index (κ3) is 3.68.